The molecule has 1 saturated heterocycles. The summed E-state index contributed by atoms with van der Waals surface area (Å²) in [4.78, 5) is 26.4. The Hall–Kier alpha value is -2.24. The number of anilines is 3. The molecule has 0 aromatic heterocycles. The molecule has 1 aliphatic heterocycles. The Morgan fingerprint density at radius 3 is 2.15 bits per heavy atom. The van der Waals surface area contributed by atoms with Crippen molar-refractivity contribution in [2.45, 2.75) is 19.3 Å². The fourth-order valence-electron chi connectivity index (χ4n) is 2.87. The Morgan fingerprint density at radius 1 is 0.846 bits per heavy atom. The first-order chi connectivity index (χ1) is 12.5. The number of piperidine rings is 1. The Labute approximate surface area is 162 Å². The molecule has 0 atom stereocenters. The number of benzene rings is 2. The van der Waals surface area contributed by atoms with Crippen molar-refractivity contribution in [3.05, 3.63) is 52.5 Å². The van der Waals surface area contributed by atoms with Crippen LogP contribution in [0, 0.1) is 0 Å². The maximum Gasteiger partial charge on any atom is 0.314 e. The van der Waals surface area contributed by atoms with Crippen molar-refractivity contribution in [1.29, 1.82) is 0 Å². The number of halogens is 2. The number of nitrogens with one attached hydrogen (secondary N) is 2. The minimum atomic E-state index is -0.797. The number of carbonyl (C=O) groups excluding carboxylic acids is 2. The first-order valence-electron chi connectivity index (χ1n) is 8.45. The van der Waals surface area contributed by atoms with E-state index >= 15 is 0 Å². The summed E-state index contributed by atoms with van der Waals surface area (Å²) in [6.07, 6.45) is 3.68. The highest BCUT2D eigenvalue weighted by Crippen LogP contribution is 2.25. The smallest absolute Gasteiger partial charge is 0.314 e. The lowest BCUT2D eigenvalue weighted by Crippen LogP contribution is -2.30. The number of carbonyl (C=O) groups is 2. The van der Waals surface area contributed by atoms with E-state index in [0.717, 1.165) is 18.8 Å². The summed E-state index contributed by atoms with van der Waals surface area (Å²) < 4.78 is 0. The summed E-state index contributed by atoms with van der Waals surface area (Å²) in [5.74, 6) is -1.56. The van der Waals surface area contributed by atoms with Crippen molar-refractivity contribution >= 4 is 52.1 Å². The third-order valence-corrected chi connectivity index (χ3v) is 4.78. The van der Waals surface area contributed by atoms with Gasteiger partial charge in [0.1, 0.15) is 0 Å². The third kappa shape index (κ3) is 4.68. The third-order valence-electron chi connectivity index (χ3n) is 4.23. The molecule has 0 saturated carbocycles. The van der Waals surface area contributed by atoms with Crippen LogP contribution in [0.2, 0.25) is 10.0 Å². The van der Waals surface area contributed by atoms with Crippen LogP contribution in [0.1, 0.15) is 19.3 Å². The highest BCUT2D eigenvalue weighted by Gasteiger charge is 2.16. The van der Waals surface area contributed by atoms with Crippen LogP contribution in [0.25, 0.3) is 0 Å². The number of rotatable bonds is 3. The molecule has 0 bridgehead atoms. The maximum atomic E-state index is 12.1. The first-order valence-corrected chi connectivity index (χ1v) is 9.21. The van der Waals surface area contributed by atoms with Crippen molar-refractivity contribution in [2.75, 3.05) is 28.6 Å². The van der Waals surface area contributed by atoms with Crippen molar-refractivity contribution in [3.63, 3.8) is 0 Å². The molecule has 0 spiro atoms. The fourth-order valence-corrected chi connectivity index (χ4v) is 3.32. The van der Waals surface area contributed by atoms with Gasteiger partial charge in [0.15, 0.2) is 0 Å². The molecule has 0 aliphatic carbocycles. The Kier molecular flexibility index (Phi) is 6.01. The van der Waals surface area contributed by atoms with E-state index in [-0.39, 0.29) is 5.02 Å². The van der Waals surface area contributed by atoms with Crippen LogP contribution in [-0.4, -0.2) is 24.9 Å². The van der Waals surface area contributed by atoms with Gasteiger partial charge in [-0.3, -0.25) is 9.59 Å². The number of hydrogen-bond acceptors (Lipinski definition) is 3. The molecular weight excluding hydrogens is 373 g/mol. The summed E-state index contributed by atoms with van der Waals surface area (Å²) >= 11 is 11.8. The van der Waals surface area contributed by atoms with E-state index in [1.807, 2.05) is 12.1 Å². The van der Waals surface area contributed by atoms with Gasteiger partial charge >= 0.3 is 11.8 Å². The predicted molar refractivity (Wildman–Crippen MR) is 106 cm³/mol. The van der Waals surface area contributed by atoms with Crippen LogP contribution in [0.4, 0.5) is 17.1 Å². The van der Waals surface area contributed by atoms with E-state index in [0.29, 0.717) is 16.4 Å². The molecule has 0 radical (unpaired) electrons. The topological polar surface area (TPSA) is 61.4 Å². The maximum absolute atomic E-state index is 12.1. The van der Waals surface area contributed by atoms with Crippen molar-refractivity contribution in [2.24, 2.45) is 0 Å². The van der Waals surface area contributed by atoms with Crippen molar-refractivity contribution in [3.8, 4) is 0 Å². The van der Waals surface area contributed by atoms with Gasteiger partial charge in [-0.1, -0.05) is 23.2 Å². The second kappa shape index (κ2) is 8.43. The van der Waals surface area contributed by atoms with E-state index in [2.05, 4.69) is 15.5 Å². The Bertz CT molecular complexity index is 803. The van der Waals surface area contributed by atoms with Gasteiger partial charge in [-0.15, -0.1) is 0 Å². The molecule has 1 fully saturated rings. The van der Waals surface area contributed by atoms with Crippen LogP contribution in [0.5, 0.6) is 0 Å². The SMILES string of the molecule is O=C(Nc1ccc(N2CCCCC2)cc1)C(=O)Nc1ccc(Cl)cc1Cl. The summed E-state index contributed by atoms with van der Waals surface area (Å²) in [6.45, 7) is 2.10. The average Bonchev–Trinajstić information content (AvgIpc) is 2.65. The van der Waals surface area contributed by atoms with Gasteiger partial charge < -0.3 is 15.5 Å². The minimum Gasteiger partial charge on any atom is -0.372 e. The monoisotopic (exact) mass is 391 g/mol. The average molecular weight is 392 g/mol. The standard InChI is InChI=1S/C19H19Cl2N3O2/c20-13-4-9-17(16(21)12-13)23-19(26)18(25)22-14-5-7-15(8-6-14)24-10-2-1-3-11-24/h4-9,12H,1-3,10-11H2,(H,22,25)(H,23,26). The Morgan fingerprint density at radius 2 is 1.50 bits per heavy atom. The quantitative estimate of drug-likeness (QED) is 0.753. The second-order valence-electron chi connectivity index (χ2n) is 6.13. The van der Waals surface area contributed by atoms with Crippen LogP contribution in [0.3, 0.4) is 0 Å². The van der Waals surface area contributed by atoms with Crippen LogP contribution < -0.4 is 15.5 Å². The molecule has 0 unspecified atom stereocenters. The van der Waals surface area contributed by atoms with E-state index in [1.165, 1.54) is 25.3 Å². The van der Waals surface area contributed by atoms with Gasteiger partial charge in [0.2, 0.25) is 0 Å². The van der Waals surface area contributed by atoms with Crippen molar-refractivity contribution < 1.29 is 9.59 Å². The molecule has 26 heavy (non-hydrogen) atoms. The highest BCUT2D eigenvalue weighted by molar-refractivity contribution is 6.45. The van der Waals surface area contributed by atoms with E-state index in [4.69, 9.17) is 23.2 Å². The molecule has 1 heterocycles. The van der Waals surface area contributed by atoms with Gasteiger partial charge in [0.05, 0.1) is 10.7 Å². The summed E-state index contributed by atoms with van der Waals surface area (Å²) in [6, 6.07) is 12.1. The lowest BCUT2D eigenvalue weighted by molar-refractivity contribution is -0.132. The summed E-state index contributed by atoms with van der Waals surface area (Å²) in [7, 11) is 0. The fraction of sp³-hybridized carbons (Fsp3) is 0.263. The molecule has 2 aromatic rings. The predicted octanol–water partition coefficient (Wildman–Crippen LogP) is 4.56. The molecule has 5 nitrogen and oxygen atoms in total. The summed E-state index contributed by atoms with van der Waals surface area (Å²) in [5.41, 5.74) is 2.02. The van der Waals surface area contributed by atoms with Crippen molar-refractivity contribution in [1.82, 2.24) is 0 Å². The van der Waals surface area contributed by atoms with E-state index in [9.17, 15) is 9.59 Å². The molecule has 2 aromatic carbocycles. The zero-order valence-corrected chi connectivity index (χ0v) is 15.6. The number of nitrogens with zero attached hydrogens (tertiary/aromatic N) is 1. The van der Waals surface area contributed by atoms with Gasteiger partial charge in [-0.25, -0.2) is 0 Å². The van der Waals surface area contributed by atoms with Crippen LogP contribution >= 0.6 is 23.2 Å². The number of hydrogen-bond donors (Lipinski definition) is 2. The van der Waals surface area contributed by atoms with Crippen LogP contribution in [-0.2, 0) is 9.59 Å². The lowest BCUT2D eigenvalue weighted by atomic mass is 10.1. The van der Waals surface area contributed by atoms with Gasteiger partial charge in [0.25, 0.3) is 0 Å². The zero-order chi connectivity index (χ0) is 18.5. The normalized spacial score (nSPS) is 14.0. The molecule has 3 rings (SSSR count). The summed E-state index contributed by atoms with van der Waals surface area (Å²) in [5, 5.41) is 5.77. The van der Waals surface area contributed by atoms with E-state index < -0.39 is 11.8 Å². The van der Waals surface area contributed by atoms with Crippen LogP contribution in [0.15, 0.2) is 42.5 Å². The molecule has 1 aliphatic rings. The molecule has 2 N–H and O–H groups in total. The Balaban J connectivity index is 1.59. The van der Waals surface area contributed by atoms with Gasteiger partial charge in [-0.05, 0) is 61.7 Å². The largest absolute Gasteiger partial charge is 0.372 e. The highest BCUT2D eigenvalue weighted by atomic mass is 35.5. The molecule has 7 heteroatoms. The van der Waals surface area contributed by atoms with Gasteiger partial charge in [0, 0.05) is 29.5 Å². The molecule has 136 valence electrons. The molecular formula is C19H19Cl2N3O2. The molecule has 2 amide bonds. The second-order valence-corrected chi connectivity index (χ2v) is 6.97. The van der Waals surface area contributed by atoms with E-state index in [1.54, 1.807) is 24.3 Å². The zero-order valence-electron chi connectivity index (χ0n) is 14.1. The van der Waals surface area contributed by atoms with Gasteiger partial charge in [-0.2, -0.15) is 0 Å². The minimum absolute atomic E-state index is 0.268. The lowest BCUT2D eigenvalue weighted by Gasteiger charge is -2.28. The first kappa shape index (κ1) is 18.5. The number of amides is 2.